The second-order valence-electron chi connectivity index (χ2n) is 12.3. The molecule has 2 saturated heterocycles. The molecule has 0 aromatic heterocycles. The molecule has 2 heterocycles. The minimum atomic E-state index is -2.41. The number of carbonyl (C=O) groups is 5. The molecule has 1 aliphatic carbocycles. The van der Waals surface area contributed by atoms with E-state index in [-0.39, 0.29) is 36.7 Å². The van der Waals surface area contributed by atoms with Gasteiger partial charge in [-0.3, -0.25) is 29.4 Å². The maximum Gasteiger partial charge on any atom is 0.291 e. The van der Waals surface area contributed by atoms with E-state index in [1.54, 1.807) is 0 Å². The number of nitrogens with zero attached hydrogens (tertiary/aromatic N) is 2. The van der Waals surface area contributed by atoms with Gasteiger partial charge < -0.3 is 15.5 Å². The molecule has 5 amide bonds. The molecule has 0 radical (unpaired) electrons. The van der Waals surface area contributed by atoms with Crippen molar-refractivity contribution in [1.82, 2.24) is 26.0 Å². The molecule has 0 aromatic rings. The van der Waals surface area contributed by atoms with Crippen molar-refractivity contribution in [2.24, 2.45) is 22.7 Å². The first kappa shape index (κ1) is 30.1. The maximum atomic E-state index is 13.9. The number of halogens is 2. The first-order chi connectivity index (χ1) is 17.7. The predicted molar refractivity (Wildman–Crippen MR) is 139 cm³/mol. The number of hydrogen-bond acceptors (Lipinski definition) is 5. The second-order valence-corrected chi connectivity index (χ2v) is 12.6. The number of hydrogen-bond donors (Lipinski definition) is 3. The molecule has 3 rings (SSSR count). The quantitative estimate of drug-likeness (QED) is 0.294. The third kappa shape index (κ3) is 7.15. The number of hydrazine groups is 1. The molecule has 3 N–H and O–H groups in total. The maximum absolute atomic E-state index is 13.9. The van der Waals surface area contributed by atoms with Gasteiger partial charge >= 0.3 is 0 Å². The van der Waals surface area contributed by atoms with Crippen molar-refractivity contribution in [2.75, 3.05) is 19.6 Å². The van der Waals surface area contributed by atoms with Crippen molar-refractivity contribution in [3.05, 3.63) is 0 Å². The Labute approximate surface area is 228 Å². The van der Waals surface area contributed by atoms with Gasteiger partial charge in [0.1, 0.15) is 12.1 Å². The van der Waals surface area contributed by atoms with E-state index in [9.17, 15) is 28.4 Å². The lowest BCUT2D eigenvalue weighted by Gasteiger charge is -2.38. The summed E-state index contributed by atoms with van der Waals surface area (Å²) in [6.07, 6.45) is 3.65. The van der Waals surface area contributed by atoms with Gasteiger partial charge in [0, 0.05) is 19.0 Å². The minimum absolute atomic E-state index is 0.0900. The molecular weight excluding hydrogens is 517 g/mol. The molecular formula is C26H41ClFN5O5. The van der Waals surface area contributed by atoms with Crippen molar-refractivity contribution in [3.63, 3.8) is 0 Å². The van der Waals surface area contributed by atoms with Crippen LogP contribution in [0.4, 0.5) is 4.39 Å². The Morgan fingerprint density at radius 3 is 2.42 bits per heavy atom. The Hall–Kier alpha value is -2.43. The van der Waals surface area contributed by atoms with Crippen molar-refractivity contribution >= 4 is 41.1 Å². The van der Waals surface area contributed by atoms with E-state index in [1.807, 2.05) is 34.6 Å². The van der Waals surface area contributed by atoms with E-state index < -0.39 is 46.3 Å². The highest BCUT2D eigenvalue weighted by molar-refractivity contribution is 6.29. The highest BCUT2D eigenvalue weighted by Crippen LogP contribution is 2.37. The molecule has 4 atom stereocenters. The number of amides is 5. The van der Waals surface area contributed by atoms with Crippen LogP contribution in [0.5, 0.6) is 0 Å². The van der Waals surface area contributed by atoms with E-state index in [0.717, 1.165) is 17.9 Å². The Morgan fingerprint density at radius 2 is 1.87 bits per heavy atom. The number of rotatable bonds is 9. The Morgan fingerprint density at radius 1 is 1.21 bits per heavy atom. The number of alkyl halides is 2. The summed E-state index contributed by atoms with van der Waals surface area (Å²) in [5.41, 5.74) is -0.962. The van der Waals surface area contributed by atoms with Crippen molar-refractivity contribution < 1.29 is 28.4 Å². The van der Waals surface area contributed by atoms with E-state index in [4.69, 9.17) is 11.6 Å². The monoisotopic (exact) mass is 557 g/mol. The first-order valence-electron chi connectivity index (χ1n) is 13.5. The number of likely N-dealkylation sites (tertiary alicyclic amines) is 1. The zero-order valence-electron chi connectivity index (χ0n) is 22.9. The average molecular weight is 558 g/mol. The zero-order chi connectivity index (χ0) is 28.4. The third-order valence-corrected chi connectivity index (χ3v) is 8.17. The van der Waals surface area contributed by atoms with Crippen molar-refractivity contribution in [2.45, 2.75) is 90.9 Å². The molecule has 3 aliphatic rings. The van der Waals surface area contributed by atoms with Crippen LogP contribution in [0.1, 0.15) is 73.1 Å². The fraction of sp³-hybridized carbons (Fsp3) is 0.808. The molecule has 12 heteroatoms. The zero-order valence-corrected chi connectivity index (χ0v) is 23.7. The largest absolute Gasteiger partial charge is 0.356 e. The topological polar surface area (TPSA) is 128 Å². The van der Waals surface area contributed by atoms with E-state index in [0.29, 0.717) is 32.2 Å². The van der Waals surface area contributed by atoms with Crippen LogP contribution in [0.15, 0.2) is 0 Å². The summed E-state index contributed by atoms with van der Waals surface area (Å²) in [7, 11) is 0. The molecule has 0 bridgehead atoms. The highest BCUT2D eigenvalue weighted by Gasteiger charge is 2.49. The molecule has 0 spiro atoms. The van der Waals surface area contributed by atoms with Crippen LogP contribution < -0.4 is 16.1 Å². The number of nitrogens with one attached hydrogen (secondary N) is 3. The van der Waals surface area contributed by atoms with Crippen LogP contribution in [0.2, 0.25) is 0 Å². The van der Waals surface area contributed by atoms with Crippen molar-refractivity contribution in [1.29, 1.82) is 0 Å². The fourth-order valence-electron chi connectivity index (χ4n) is 5.05. The Balaban J connectivity index is 1.83. The summed E-state index contributed by atoms with van der Waals surface area (Å²) >= 11 is 5.42. The van der Waals surface area contributed by atoms with Gasteiger partial charge in [0.25, 0.3) is 17.4 Å². The summed E-state index contributed by atoms with van der Waals surface area (Å²) in [4.78, 5) is 66.4. The fourth-order valence-corrected chi connectivity index (χ4v) is 5.17. The third-order valence-electron chi connectivity index (χ3n) is 7.98. The molecule has 0 aromatic carbocycles. The van der Waals surface area contributed by atoms with Crippen LogP contribution in [0.25, 0.3) is 0 Å². The van der Waals surface area contributed by atoms with Crippen molar-refractivity contribution in [3.8, 4) is 0 Å². The van der Waals surface area contributed by atoms with E-state index in [2.05, 4.69) is 16.1 Å². The Bertz CT molecular complexity index is 954. The molecule has 1 saturated carbocycles. The highest BCUT2D eigenvalue weighted by atomic mass is 35.5. The Kier molecular flexibility index (Phi) is 9.32. The smallest absolute Gasteiger partial charge is 0.291 e. The van der Waals surface area contributed by atoms with Crippen LogP contribution in [0.3, 0.4) is 0 Å². The number of piperidine rings is 1. The molecule has 2 aliphatic heterocycles. The minimum Gasteiger partial charge on any atom is -0.356 e. The van der Waals surface area contributed by atoms with Gasteiger partial charge in [-0.2, -0.15) is 0 Å². The summed E-state index contributed by atoms with van der Waals surface area (Å²) in [6, 6.07) is -1.80. The molecule has 214 valence electrons. The summed E-state index contributed by atoms with van der Waals surface area (Å²) in [6.45, 7) is 10.1. The lowest BCUT2D eigenvalue weighted by Crippen LogP contribution is -2.60. The van der Waals surface area contributed by atoms with Gasteiger partial charge in [-0.1, -0.05) is 46.2 Å². The van der Waals surface area contributed by atoms with Crippen LogP contribution in [-0.2, 0) is 24.0 Å². The average Bonchev–Trinajstić information content (AvgIpc) is 3.65. The van der Waals surface area contributed by atoms with Gasteiger partial charge in [-0.05, 0) is 49.4 Å². The molecule has 3 fully saturated rings. The normalized spacial score (nSPS) is 24.7. The second kappa shape index (κ2) is 11.8. The van der Waals surface area contributed by atoms with E-state index >= 15 is 0 Å². The molecule has 2 unspecified atom stereocenters. The van der Waals surface area contributed by atoms with Gasteiger partial charge in [0.2, 0.25) is 17.7 Å². The first-order valence-corrected chi connectivity index (χ1v) is 13.9. The van der Waals surface area contributed by atoms with E-state index in [1.165, 1.54) is 4.90 Å². The lowest BCUT2D eigenvalue weighted by molar-refractivity contribution is -0.150. The standard InChI is InChI=1S/C26H41ClFN5O5/c1-6-26(4,5)18(30-21(35)15-9-10-15)23(37)32-14-25(2,3)12-17(32)22(36)31-33(24(38)19(27)28)13-16-8-7-11-29-20(16)34/h15-19H,6-14H2,1-5H3,(H,29,34)(H,30,35)(H,31,36)/t16-,17-,18?,19?/m0/s1. The van der Waals surface area contributed by atoms with Gasteiger partial charge in [0.05, 0.1) is 12.5 Å². The predicted octanol–water partition coefficient (Wildman–Crippen LogP) is 1.86. The van der Waals surface area contributed by atoms with Gasteiger partial charge in [-0.25, -0.2) is 9.40 Å². The van der Waals surface area contributed by atoms with Crippen LogP contribution in [0, 0.1) is 22.7 Å². The van der Waals surface area contributed by atoms with Gasteiger partial charge in [-0.15, -0.1) is 0 Å². The molecule has 10 nitrogen and oxygen atoms in total. The number of carbonyl (C=O) groups excluding carboxylic acids is 5. The van der Waals surface area contributed by atoms with Crippen LogP contribution in [-0.4, -0.2) is 76.8 Å². The summed E-state index contributed by atoms with van der Waals surface area (Å²) in [5.74, 6) is -3.41. The summed E-state index contributed by atoms with van der Waals surface area (Å²) in [5, 5.41) is 6.39. The summed E-state index contributed by atoms with van der Waals surface area (Å²) < 4.78 is 13.8. The SMILES string of the molecule is CCC(C)(C)C(NC(=O)C1CC1)C(=O)N1CC(C)(C)C[C@H]1C(=O)NN(C[C@@H]1CCCNC1=O)C(=O)C(F)Cl. The van der Waals surface area contributed by atoms with Gasteiger partial charge in [0.15, 0.2) is 0 Å². The lowest BCUT2D eigenvalue weighted by atomic mass is 9.80. The molecule has 38 heavy (non-hydrogen) atoms. The van der Waals surface area contributed by atoms with Crippen LogP contribution >= 0.6 is 11.6 Å².